The number of carbonyl (C=O) groups excluding carboxylic acids is 1. The Morgan fingerprint density at radius 3 is 2.55 bits per heavy atom. The largest absolute Gasteiger partial charge is 0.493 e. The van der Waals surface area contributed by atoms with Crippen molar-refractivity contribution in [3.63, 3.8) is 0 Å². The fourth-order valence-electron chi connectivity index (χ4n) is 1.84. The van der Waals surface area contributed by atoms with Crippen molar-refractivity contribution in [2.45, 2.75) is 25.3 Å². The Hall–Kier alpha value is -1.46. The molecule has 110 valence electrons. The van der Waals surface area contributed by atoms with Crippen LogP contribution in [0.5, 0.6) is 11.5 Å². The molecule has 2 rings (SSSR count). The highest BCUT2D eigenvalue weighted by Crippen LogP contribution is 2.36. The van der Waals surface area contributed by atoms with Gasteiger partial charge in [0, 0.05) is 31.1 Å². The lowest BCUT2D eigenvalue weighted by Crippen LogP contribution is -2.23. The molecule has 1 fully saturated rings. The standard InChI is InChI=1S/C14H19ClN2O3/c1-19-12-7-10(15)11(8-13(12)20-2)17-14(18)5-6-16-9-3-4-9/h7-9,16H,3-6H2,1-2H3,(H,17,18). The molecule has 1 aliphatic carbocycles. The molecule has 5 nitrogen and oxygen atoms in total. The quantitative estimate of drug-likeness (QED) is 0.812. The second-order valence-electron chi connectivity index (χ2n) is 4.71. The van der Waals surface area contributed by atoms with E-state index in [9.17, 15) is 4.79 Å². The smallest absolute Gasteiger partial charge is 0.225 e. The zero-order valence-electron chi connectivity index (χ0n) is 11.7. The molecule has 0 bridgehead atoms. The molecular weight excluding hydrogens is 280 g/mol. The Morgan fingerprint density at radius 2 is 1.95 bits per heavy atom. The summed E-state index contributed by atoms with van der Waals surface area (Å²) < 4.78 is 10.3. The molecule has 0 aromatic heterocycles. The molecule has 0 radical (unpaired) electrons. The molecule has 0 saturated heterocycles. The minimum absolute atomic E-state index is 0.0766. The van der Waals surface area contributed by atoms with Gasteiger partial charge in [-0.05, 0) is 12.8 Å². The van der Waals surface area contributed by atoms with Crippen molar-refractivity contribution in [1.29, 1.82) is 0 Å². The van der Waals surface area contributed by atoms with Crippen molar-refractivity contribution < 1.29 is 14.3 Å². The second-order valence-corrected chi connectivity index (χ2v) is 5.12. The van der Waals surface area contributed by atoms with Crippen LogP contribution in [0.25, 0.3) is 0 Å². The van der Waals surface area contributed by atoms with Crippen LogP contribution in [0.4, 0.5) is 5.69 Å². The minimum atomic E-state index is -0.0766. The van der Waals surface area contributed by atoms with E-state index in [0.717, 1.165) is 0 Å². The first-order chi connectivity index (χ1) is 9.63. The lowest BCUT2D eigenvalue weighted by atomic mass is 10.2. The van der Waals surface area contributed by atoms with Crippen molar-refractivity contribution in [2.24, 2.45) is 0 Å². The van der Waals surface area contributed by atoms with Gasteiger partial charge in [0.25, 0.3) is 0 Å². The molecule has 1 aromatic rings. The van der Waals surface area contributed by atoms with Crippen LogP contribution in [-0.4, -0.2) is 32.7 Å². The van der Waals surface area contributed by atoms with E-state index in [4.69, 9.17) is 21.1 Å². The summed E-state index contributed by atoms with van der Waals surface area (Å²) in [7, 11) is 3.08. The normalized spacial score (nSPS) is 13.9. The number of halogens is 1. The van der Waals surface area contributed by atoms with Gasteiger partial charge in [-0.1, -0.05) is 11.6 Å². The summed E-state index contributed by atoms with van der Waals surface area (Å²) >= 11 is 6.11. The maximum absolute atomic E-state index is 11.8. The lowest BCUT2D eigenvalue weighted by Gasteiger charge is -2.12. The number of anilines is 1. The van der Waals surface area contributed by atoms with Gasteiger partial charge in [-0.25, -0.2) is 0 Å². The van der Waals surface area contributed by atoms with E-state index in [-0.39, 0.29) is 5.91 Å². The van der Waals surface area contributed by atoms with Crippen LogP contribution in [0.15, 0.2) is 12.1 Å². The van der Waals surface area contributed by atoms with Gasteiger partial charge in [0.15, 0.2) is 11.5 Å². The van der Waals surface area contributed by atoms with Crippen molar-refractivity contribution in [3.05, 3.63) is 17.2 Å². The third kappa shape index (κ3) is 4.02. The van der Waals surface area contributed by atoms with Gasteiger partial charge >= 0.3 is 0 Å². The van der Waals surface area contributed by atoms with Crippen LogP contribution < -0.4 is 20.1 Å². The molecule has 20 heavy (non-hydrogen) atoms. The number of amides is 1. The predicted molar refractivity (Wildman–Crippen MR) is 78.8 cm³/mol. The van der Waals surface area contributed by atoms with Gasteiger partial charge in [-0.3, -0.25) is 4.79 Å². The Kier molecular flexibility index (Phi) is 5.09. The predicted octanol–water partition coefficient (Wildman–Crippen LogP) is 2.44. The van der Waals surface area contributed by atoms with Gasteiger partial charge in [0.2, 0.25) is 5.91 Å². The molecule has 0 aliphatic heterocycles. The molecule has 1 amide bonds. The summed E-state index contributed by atoms with van der Waals surface area (Å²) in [5, 5.41) is 6.50. The highest BCUT2D eigenvalue weighted by molar-refractivity contribution is 6.34. The number of methoxy groups -OCH3 is 2. The van der Waals surface area contributed by atoms with Crippen molar-refractivity contribution in [3.8, 4) is 11.5 Å². The van der Waals surface area contributed by atoms with Crippen LogP contribution in [0.1, 0.15) is 19.3 Å². The van der Waals surface area contributed by atoms with Crippen LogP contribution in [-0.2, 0) is 4.79 Å². The third-order valence-electron chi connectivity index (χ3n) is 3.11. The zero-order chi connectivity index (χ0) is 14.5. The molecule has 0 heterocycles. The molecule has 1 aliphatic rings. The first kappa shape index (κ1) is 14.9. The molecule has 6 heteroatoms. The van der Waals surface area contributed by atoms with Gasteiger partial charge in [0.1, 0.15) is 0 Å². The lowest BCUT2D eigenvalue weighted by molar-refractivity contribution is -0.116. The van der Waals surface area contributed by atoms with Crippen LogP contribution in [0.2, 0.25) is 5.02 Å². The van der Waals surface area contributed by atoms with Crippen molar-refractivity contribution in [1.82, 2.24) is 5.32 Å². The molecule has 2 N–H and O–H groups in total. The SMILES string of the molecule is COc1cc(Cl)c(NC(=O)CCNC2CC2)cc1OC. The van der Waals surface area contributed by atoms with E-state index >= 15 is 0 Å². The third-order valence-corrected chi connectivity index (χ3v) is 3.42. The van der Waals surface area contributed by atoms with Crippen LogP contribution in [0, 0.1) is 0 Å². The minimum Gasteiger partial charge on any atom is -0.493 e. The maximum Gasteiger partial charge on any atom is 0.225 e. The Balaban J connectivity index is 1.94. The van der Waals surface area contributed by atoms with Gasteiger partial charge in [-0.15, -0.1) is 0 Å². The maximum atomic E-state index is 11.8. The van der Waals surface area contributed by atoms with Crippen molar-refractivity contribution >= 4 is 23.2 Å². The van der Waals surface area contributed by atoms with Crippen LogP contribution >= 0.6 is 11.6 Å². The average Bonchev–Trinajstić information content (AvgIpc) is 3.24. The number of hydrogen-bond acceptors (Lipinski definition) is 4. The van der Waals surface area contributed by atoms with E-state index < -0.39 is 0 Å². The van der Waals surface area contributed by atoms with E-state index in [1.54, 1.807) is 12.1 Å². The fourth-order valence-corrected chi connectivity index (χ4v) is 2.04. The van der Waals surface area contributed by atoms with E-state index in [2.05, 4.69) is 10.6 Å². The summed E-state index contributed by atoms with van der Waals surface area (Å²) in [4.78, 5) is 11.8. The number of rotatable bonds is 7. The number of hydrogen-bond donors (Lipinski definition) is 2. The highest BCUT2D eigenvalue weighted by atomic mass is 35.5. The number of carbonyl (C=O) groups is 1. The molecule has 1 aromatic carbocycles. The van der Waals surface area contributed by atoms with Gasteiger partial charge < -0.3 is 20.1 Å². The molecule has 0 unspecified atom stereocenters. The fraction of sp³-hybridized carbons (Fsp3) is 0.500. The average molecular weight is 299 g/mol. The number of benzene rings is 1. The molecular formula is C14H19ClN2O3. The summed E-state index contributed by atoms with van der Waals surface area (Å²) in [6.07, 6.45) is 2.84. The molecule has 0 spiro atoms. The highest BCUT2D eigenvalue weighted by Gasteiger charge is 2.20. The summed E-state index contributed by atoms with van der Waals surface area (Å²) in [5.74, 6) is 0.987. The number of nitrogens with one attached hydrogen (secondary N) is 2. The second kappa shape index (κ2) is 6.81. The first-order valence-corrected chi connectivity index (χ1v) is 6.96. The van der Waals surface area contributed by atoms with Crippen LogP contribution in [0.3, 0.4) is 0 Å². The Bertz CT molecular complexity index is 490. The van der Waals surface area contributed by atoms with E-state index in [0.29, 0.717) is 41.2 Å². The van der Waals surface area contributed by atoms with E-state index in [1.807, 2.05) is 0 Å². The number of ether oxygens (including phenoxy) is 2. The first-order valence-electron chi connectivity index (χ1n) is 6.58. The monoisotopic (exact) mass is 298 g/mol. The molecule has 1 saturated carbocycles. The van der Waals surface area contributed by atoms with E-state index in [1.165, 1.54) is 27.1 Å². The van der Waals surface area contributed by atoms with Crippen molar-refractivity contribution in [2.75, 3.05) is 26.1 Å². The van der Waals surface area contributed by atoms with Gasteiger partial charge in [-0.2, -0.15) is 0 Å². The Morgan fingerprint density at radius 1 is 1.30 bits per heavy atom. The summed E-state index contributed by atoms with van der Waals surface area (Å²) in [6, 6.07) is 3.89. The zero-order valence-corrected chi connectivity index (χ0v) is 12.4. The van der Waals surface area contributed by atoms with Gasteiger partial charge in [0.05, 0.1) is 24.9 Å². The summed E-state index contributed by atoms with van der Waals surface area (Å²) in [5.41, 5.74) is 0.528. The topological polar surface area (TPSA) is 59.6 Å². The summed E-state index contributed by atoms with van der Waals surface area (Å²) in [6.45, 7) is 0.682. The Labute approximate surface area is 123 Å². The molecule has 0 atom stereocenters.